The summed E-state index contributed by atoms with van der Waals surface area (Å²) in [4.78, 5) is 35.9. The molecule has 0 aliphatic carbocycles. The highest BCUT2D eigenvalue weighted by Crippen LogP contribution is 2.30. The SMILES string of the molecule is CCc1ccc(CCNC(=O)/C=C/c2ccc(OC)c(OC)c2)cc1.COc1ccc(/C=C/C(=O)NCCc2ccc(C(C)C)cc2)cc1OC.COc1ccc(/C=C/C(=O)NCCc2ccc(C)c(C)c2)cc1OC. The van der Waals surface area contributed by atoms with Gasteiger partial charge in [0, 0.05) is 37.9 Å². The van der Waals surface area contributed by atoms with Gasteiger partial charge >= 0.3 is 0 Å². The highest BCUT2D eigenvalue weighted by molar-refractivity contribution is 5.93. The number of ether oxygens (including phenoxy) is 6. The molecule has 0 spiro atoms. The molecule has 0 radical (unpaired) electrons. The van der Waals surface area contributed by atoms with E-state index in [1.807, 2.05) is 54.6 Å². The summed E-state index contributed by atoms with van der Waals surface area (Å²) in [5.41, 5.74) is 11.5. The van der Waals surface area contributed by atoms with Crippen LogP contribution in [0, 0.1) is 13.8 Å². The van der Waals surface area contributed by atoms with Crippen LogP contribution in [0.25, 0.3) is 18.2 Å². The molecule has 0 unspecified atom stereocenters. The average molecular weight is 1030 g/mol. The van der Waals surface area contributed by atoms with Crippen LogP contribution < -0.4 is 44.4 Å². The molecule has 3 N–H and O–H groups in total. The number of hydrogen-bond acceptors (Lipinski definition) is 9. The summed E-state index contributed by atoms with van der Waals surface area (Å²) in [6.45, 7) is 12.5. The van der Waals surface area contributed by atoms with Crippen LogP contribution in [0.3, 0.4) is 0 Å². The number of benzene rings is 6. The molecule has 0 atom stereocenters. The fraction of sp³-hybridized carbons (Fsp3) is 0.297. The zero-order chi connectivity index (χ0) is 55.2. The van der Waals surface area contributed by atoms with Crippen LogP contribution in [0.5, 0.6) is 34.5 Å². The molecule has 6 aromatic rings. The number of hydrogen-bond donors (Lipinski definition) is 3. The Kier molecular flexibility index (Phi) is 26.1. The van der Waals surface area contributed by atoms with E-state index in [0.717, 1.165) is 42.4 Å². The molecule has 0 bridgehead atoms. The standard InChI is InChI=1S/C22H27NO3.2C21H25NO3/c1-16(2)19-9-5-17(6-10-19)13-14-23-22(24)12-8-18-7-11-20(25-3)21(15-18)26-4;1-15-5-6-18(13-16(15)2)11-12-22-21(23)10-8-17-7-9-19(24-3)20(14-17)25-4;1-4-16-5-7-17(8-6-16)13-14-22-21(23)12-10-18-9-11-19(24-2)20(15-18)25-3/h5-12,15-16H,13-14H2,1-4H3,(H,23,24);5-10,13-14H,11-12H2,1-4H3,(H,22,23);5-12,15H,4,13-14H2,1-3H3,(H,22,23)/b12-8+;10-8+;12-10+. The quantitative estimate of drug-likeness (QED) is 0.0535. The lowest BCUT2D eigenvalue weighted by atomic mass is 10.0. The lowest BCUT2D eigenvalue weighted by molar-refractivity contribution is -0.117. The van der Waals surface area contributed by atoms with E-state index in [4.69, 9.17) is 28.4 Å². The maximum absolute atomic E-state index is 12.0. The zero-order valence-corrected chi connectivity index (χ0v) is 46.2. The second kappa shape index (κ2) is 32.8. The number of methoxy groups -OCH3 is 6. The van der Waals surface area contributed by atoms with Gasteiger partial charge in [0.2, 0.25) is 17.7 Å². The Hall–Kier alpha value is -8.25. The van der Waals surface area contributed by atoms with Gasteiger partial charge in [0.15, 0.2) is 34.5 Å². The summed E-state index contributed by atoms with van der Waals surface area (Å²) in [6.07, 6.45) is 13.4. The Morgan fingerprint density at radius 3 is 1.07 bits per heavy atom. The van der Waals surface area contributed by atoms with Crippen molar-refractivity contribution in [3.8, 4) is 34.5 Å². The predicted octanol–water partition coefficient (Wildman–Crippen LogP) is 11.5. The maximum atomic E-state index is 12.0. The molecule has 0 aromatic heterocycles. The van der Waals surface area contributed by atoms with E-state index >= 15 is 0 Å². The van der Waals surface area contributed by atoms with E-state index in [0.29, 0.717) is 60.0 Å². The lowest BCUT2D eigenvalue weighted by Gasteiger charge is -2.08. The van der Waals surface area contributed by atoms with Crippen molar-refractivity contribution in [1.82, 2.24) is 16.0 Å². The van der Waals surface area contributed by atoms with Crippen LogP contribution in [0.1, 0.15) is 82.3 Å². The van der Waals surface area contributed by atoms with E-state index in [9.17, 15) is 14.4 Å². The molecular weight excluding hydrogens is 955 g/mol. The topological polar surface area (TPSA) is 143 Å². The summed E-state index contributed by atoms with van der Waals surface area (Å²) in [5.74, 6) is 4.11. The Balaban J connectivity index is 0.000000246. The van der Waals surface area contributed by atoms with Gasteiger partial charge in [-0.05, 0) is 156 Å². The molecule has 3 amide bonds. The first-order valence-corrected chi connectivity index (χ1v) is 25.5. The second-order valence-corrected chi connectivity index (χ2v) is 18.0. The van der Waals surface area contributed by atoms with E-state index < -0.39 is 0 Å². The fourth-order valence-corrected chi connectivity index (χ4v) is 7.52. The van der Waals surface area contributed by atoms with Crippen molar-refractivity contribution in [2.75, 3.05) is 62.3 Å². The molecule has 0 aliphatic rings. The lowest BCUT2D eigenvalue weighted by Crippen LogP contribution is -2.23. The molecule has 12 heteroatoms. The molecular formula is C64H77N3O9. The highest BCUT2D eigenvalue weighted by atomic mass is 16.5. The third-order valence-corrected chi connectivity index (χ3v) is 12.3. The van der Waals surface area contributed by atoms with Crippen LogP contribution in [-0.2, 0) is 40.1 Å². The van der Waals surface area contributed by atoms with Gasteiger partial charge in [0.25, 0.3) is 0 Å². The van der Waals surface area contributed by atoms with Crippen molar-refractivity contribution >= 4 is 35.9 Å². The number of nitrogens with one attached hydrogen (secondary N) is 3. The summed E-state index contributed by atoms with van der Waals surface area (Å²) >= 11 is 0. The van der Waals surface area contributed by atoms with E-state index in [2.05, 4.69) is 117 Å². The predicted molar refractivity (Wildman–Crippen MR) is 308 cm³/mol. The van der Waals surface area contributed by atoms with Crippen molar-refractivity contribution in [1.29, 1.82) is 0 Å². The second-order valence-electron chi connectivity index (χ2n) is 18.0. The van der Waals surface area contributed by atoms with Crippen molar-refractivity contribution in [3.63, 3.8) is 0 Å². The van der Waals surface area contributed by atoms with E-state index in [1.54, 1.807) is 60.9 Å². The van der Waals surface area contributed by atoms with Gasteiger partial charge in [-0.2, -0.15) is 0 Å². The van der Waals surface area contributed by atoms with Crippen molar-refractivity contribution in [3.05, 3.63) is 195 Å². The first kappa shape index (κ1) is 60.3. The van der Waals surface area contributed by atoms with Crippen LogP contribution in [-0.4, -0.2) is 80.0 Å². The van der Waals surface area contributed by atoms with E-state index in [1.165, 1.54) is 57.2 Å². The Bertz CT molecular complexity index is 2850. The summed E-state index contributed by atoms with van der Waals surface area (Å²) in [6, 6.07) is 40.0. The minimum Gasteiger partial charge on any atom is -0.493 e. The number of carbonyl (C=O) groups excluding carboxylic acids is 3. The van der Waals surface area contributed by atoms with Gasteiger partial charge in [-0.1, -0.05) is 106 Å². The zero-order valence-electron chi connectivity index (χ0n) is 46.2. The van der Waals surface area contributed by atoms with Gasteiger partial charge < -0.3 is 44.4 Å². The Morgan fingerprint density at radius 1 is 0.408 bits per heavy atom. The third kappa shape index (κ3) is 20.9. The first-order valence-electron chi connectivity index (χ1n) is 25.5. The van der Waals surface area contributed by atoms with Crippen LogP contribution >= 0.6 is 0 Å². The van der Waals surface area contributed by atoms with Gasteiger partial charge in [-0.15, -0.1) is 0 Å². The minimum absolute atomic E-state index is 0.111. The maximum Gasteiger partial charge on any atom is 0.244 e. The van der Waals surface area contributed by atoms with Gasteiger partial charge in [-0.3, -0.25) is 14.4 Å². The summed E-state index contributed by atoms with van der Waals surface area (Å²) < 4.78 is 31.4. The Morgan fingerprint density at radius 2 is 0.737 bits per heavy atom. The molecule has 0 saturated heterocycles. The molecule has 6 aromatic carbocycles. The van der Waals surface area contributed by atoms with E-state index in [-0.39, 0.29) is 17.7 Å². The Labute approximate surface area is 451 Å². The van der Waals surface area contributed by atoms with Crippen molar-refractivity contribution < 1.29 is 42.8 Å². The largest absolute Gasteiger partial charge is 0.493 e. The number of carbonyl (C=O) groups is 3. The van der Waals surface area contributed by atoms with Crippen LogP contribution in [0.15, 0.2) is 140 Å². The monoisotopic (exact) mass is 1030 g/mol. The normalized spacial score (nSPS) is 10.8. The van der Waals surface area contributed by atoms with Gasteiger partial charge in [-0.25, -0.2) is 0 Å². The third-order valence-electron chi connectivity index (χ3n) is 12.3. The average Bonchev–Trinajstić information content (AvgIpc) is 3.44. The minimum atomic E-state index is -0.112. The number of amides is 3. The van der Waals surface area contributed by atoms with Crippen molar-refractivity contribution in [2.24, 2.45) is 0 Å². The summed E-state index contributed by atoms with van der Waals surface area (Å²) in [7, 11) is 9.55. The number of aryl methyl sites for hydroxylation is 3. The molecule has 402 valence electrons. The molecule has 0 saturated carbocycles. The van der Waals surface area contributed by atoms with Gasteiger partial charge in [0.05, 0.1) is 42.7 Å². The van der Waals surface area contributed by atoms with Crippen molar-refractivity contribution in [2.45, 2.75) is 66.2 Å². The number of rotatable bonds is 23. The first-order chi connectivity index (χ1) is 36.7. The molecule has 12 nitrogen and oxygen atoms in total. The fourth-order valence-electron chi connectivity index (χ4n) is 7.52. The smallest absolute Gasteiger partial charge is 0.244 e. The summed E-state index contributed by atoms with van der Waals surface area (Å²) in [5, 5.41) is 8.71. The van der Waals surface area contributed by atoms with Crippen LogP contribution in [0.2, 0.25) is 0 Å². The molecule has 6 rings (SSSR count). The van der Waals surface area contributed by atoms with Crippen LogP contribution in [0.4, 0.5) is 0 Å². The van der Waals surface area contributed by atoms with Gasteiger partial charge in [0.1, 0.15) is 0 Å². The molecule has 0 fully saturated rings. The highest BCUT2D eigenvalue weighted by Gasteiger charge is 2.07. The molecule has 0 heterocycles. The molecule has 76 heavy (non-hydrogen) atoms. The molecule has 0 aliphatic heterocycles.